The fraction of sp³-hybridized carbons (Fsp3) is 0.500. The van der Waals surface area contributed by atoms with E-state index >= 15 is 0 Å². The molecule has 0 radical (unpaired) electrons. The van der Waals surface area contributed by atoms with Gasteiger partial charge in [-0.2, -0.15) is 0 Å². The molecule has 7 nitrogen and oxygen atoms in total. The smallest absolute Gasteiger partial charge is 0.213 e. The highest BCUT2D eigenvalue weighted by Gasteiger charge is 2.50. The molecule has 218 valence electrons. The van der Waals surface area contributed by atoms with Crippen LogP contribution in [-0.4, -0.2) is 34.4 Å². The molecule has 9 rings (SSSR count). The molecule has 8 heteroatoms. The maximum atomic E-state index is 6.84. The van der Waals surface area contributed by atoms with Gasteiger partial charge in [-0.3, -0.25) is 4.98 Å². The first kappa shape index (κ1) is 26.5. The van der Waals surface area contributed by atoms with Crippen molar-refractivity contribution in [2.45, 2.75) is 88.3 Å². The van der Waals surface area contributed by atoms with Gasteiger partial charge in [-0.05, 0) is 81.8 Å². The first-order valence-electron chi connectivity index (χ1n) is 15.4. The van der Waals surface area contributed by atoms with E-state index in [0.29, 0.717) is 34.9 Å². The molecule has 1 aromatic carbocycles. The van der Waals surface area contributed by atoms with Crippen LogP contribution in [0.2, 0.25) is 5.02 Å². The lowest BCUT2D eigenvalue weighted by Crippen LogP contribution is -2.49. The fourth-order valence-corrected chi connectivity index (χ4v) is 7.44. The van der Waals surface area contributed by atoms with Gasteiger partial charge < -0.3 is 18.7 Å². The third-order valence-corrected chi connectivity index (χ3v) is 10.5. The van der Waals surface area contributed by atoms with Gasteiger partial charge in [0.15, 0.2) is 0 Å². The highest BCUT2D eigenvalue weighted by molar-refractivity contribution is 6.33. The molecule has 4 aromatic rings. The van der Waals surface area contributed by atoms with Crippen molar-refractivity contribution in [3.05, 3.63) is 64.6 Å². The van der Waals surface area contributed by atoms with Gasteiger partial charge in [-0.1, -0.05) is 35.0 Å². The number of halogens is 1. The van der Waals surface area contributed by atoms with Crippen LogP contribution in [0.25, 0.3) is 22.2 Å². The minimum Gasteiger partial charge on any atom is -0.494 e. The average Bonchev–Trinajstić information content (AvgIpc) is 3.98. The number of hydrogen-bond donors (Lipinski definition) is 0. The van der Waals surface area contributed by atoms with Crippen LogP contribution in [-0.2, 0) is 11.3 Å². The summed E-state index contributed by atoms with van der Waals surface area (Å²) in [7, 11) is 1.62. The van der Waals surface area contributed by atoms with Gasteiger partial charge in [0.2, 0.25) is 5.88 Å². The number of methoxy groups -OCH3 is 1. The van der Waals surface area contributed by atoms with Gasteiger partial charge >= 0.3 is 0 Å². The monoisotopic (exact) mass is 585 g/mol. The zero-order valence-electron chi connectivity index (χ0n) is 24.0. The van der Waals surface area contributed by atoms with Crippen LogP contribution < -0.4 is 9.47 Å². The zero-order valence-corrected chi connectivity index (χ0v) is 24.8. The van der Waals surface area contributed by atoms with Crippen LogP contribution in [0.4, 0.5) is 0 Å². The van der Waals surface area contributed by atoms with Crippen molar-refractivity contribution in [3.8, 4) is 22.9 Å². The van der Waals surface area contributed by atoms with E-state index in [2.05, 4.69) is 34.4 Å². The second kappa shape index (κ2) is 10.2. The Morgan fingerprint density at radius 3 is 2.48 bits per heavy atom. The highest BCUT2D eigenvalue weighted by Crippen LogP contribution is 2.55. The molecule has 5 aliphatic rings. The number of nitrogens with zero attached hydrogens (tertiary/aromatic N) is 3. The van der Waals surface area contributed by atoms with Crippen LogP contribution in [0.1, 0.15) is 92.9 Å². The minimum atomic E-state index is -0.121. The predicted molar refractivity (Wildman–Crippen MR) is 160 cm³/mol. The fourth-order valence-electron chi connectivity index (χ4n) is 7.20. The number of hydrogen-bond acceptors (Lipinski definition) is 7. The van der Waals surface area contributed by atoms with E-state index < -0.39 is 0 Å². The Morgan fingerprint density at radius 2 is 1.74 bits per heavy atom. The van der Waals surface area contributed by atoms with Gasteiger partial charge in [0, 0.05) is 34.5 Å². The molecule has 0 spiro atoms. The lowest BCUT2D eigenvalue weighted by Gasteiger charge is -2.52. The Labute approximate surface area is 250 Å². The van der Waals surface area contributed by atoms with Crippen molar-refractivity contribution in [3.63, 3.8) is 0 Å². The molecule has 0 saturated heterocycles. The maximum absolute atomic E-state index is 6.84. The highest BCUT2D eigenvalue weighted by atomic mass is 35.5. The summed E-state index contributed by atoms with van der Waals surface area (Å²) < 4.78 is 24.7. The van der Waals surface area contributed by atoms with Crippen molar-refractivity contribution in [1.82, 2.24) is 15.1 Å². The lowest BCUT2D eigenvalue weighted by molar-refractivity contribution is -0.150. The van der Waals surface area contributed by atoms with Crippen LogP contribution in [0.5, 0.6) is 11.6 Å². The molecule has 0 aliphatic heterocycles. The lowest BCUT2D eigenvalue weighted by atomic mass is 9.59. The number of rotatable bonds is 10. The molecule has 42 heavy (non-hydrogen) atoms. The van der Waals surface area contributed by atoms with Crippen molar-refractivity contribution in [2.75, 3.05) is 13.7 Å². The Balaban J connectivity index is 0.958. The van der Waals surface area contributed by atoms with Gasteiger partial charge in [0.1, 0.15) is 17.2 Å². The molecule has 3 aromatic heterocycles. The molecular formula is C34H36ClN3O4. The molecular weight excluding hydrogens is 550 g/mol. The van der Waals surface area contributed by atoms with E-state index in [0.717, 1.165) is 86.3 Å². The normalized spacial score (nSPS) is 25.2. The summed E-state index contributed by atoms with van der Waals surface area (Å²) >= 11 is 6.59. The number of benzene rings is 1. The molecule has 2 bridgehead atoms. The summed E-state index contributed by atoms with van der Waals surface area (Å²) in [6, 6.07) is 10.7. The Bertz CT molecular complexity index is 1620. The van der Waals surface area contributed by atoms with Crippen molar-refractivity contribution >= 4 is 22.5 Å². The van der Waals surface area contributed by atoms with Crippen molar-refractivity contribution < 1.29 is 18.7 Å². The molecule has 5 aliphatic carbocycles. The van der Waals surface area contributed by atoms with E-state index in [1.165, 1.54) is 23.8 Å². The van der Waals surface area contributed by atoms with Crippen LogP contribution in [0, 0.1) is 5.41 Å². The van der Waals surface area contributed by atoms with Gasteiger partial charge in [0.25, 0.3) is 0 Å². The number of pyridine rings is 2. The Hall–Kier alpha value is -3.16. The van der Waals surface area contributed by atoms with Crippen LogP contribution in [0.15, 0.2) is 47.2 Å². The summed E-state index contributed by atoms with van der Waals surface area (Å²) in [5.41, 5.74) is 4.98. The molecule has 5 fully saturated rings. The molecule has 0 unspecified atom stereocenters. The average molecular weight is 586 g/mol. The second-order valence-electron chi connectivity index (χ2n) is 12.9. The molecule has 0 amide bonds. The first-order chi connectivity index (χ1) is 20.6. The number of fused-ring (bicyclic) bond motifs is 4. The van der Waals surface area contributed by atoms with Crippen molar-refractivity contribution in [2.24, 2.45) is 5.41 Å². The third-order valence-electron chi connectivity index (χ3n) is 10.2. The summed E-state index contributed by atoms with van der Waals surface area (Å²) in [5.74, 6) is 3.33. The molecule has 5 saturated carbocycles. The first-order valence-corrected chi connectivity index (χ1v) is 15.8. The Kier molecular flexibility index (Phi) is 6.45. The second-order valence-corrected chi connectivity index (χ2v) is 13.4. The maximum Gasteiger partial charge on any atom is 0.213 e. The number of ether oxygens (including phenoxy) is 3. The third kappa shape index (κ3) is 4.75. The van der Waals surface area contributed by atoms with Gasteiger partial charge in [-0.25, -0.2) is 4.98 Å². The van der Waals surface area contributed by atoms with E-state index in [4.69, 9.17) is 35.3 Å². The predicted octanol–water partition coefficient (Wildman–Crippen LogP) is 8.39. The zero-order chi connectivity index (χ0) is 28.3. The van der Waals surface area contributed by atoms with Crippen LogP contribution >= 0.6 is 11.6 Å². The van der Waals surface area contributed by atoms with Gasteiger partial charge in [-0.15, -0.1) is 0 Å². The minimum absolute atomic E-state index is 0.121. The summed E-state index contributed by atoms with van der Waals surface area (Å²) in [6.45, 7) is 1.18. The quantitative estimate of drug-likeness (QED) is 0.185. The standard InChI is InChI=1S/C34H36ClN3O4/c1-39-27-18-36-17-26(35)29(27)31-25(32(42-38-31)23-7-8-23)19-41-34-14-11-33(12-15-34,13-16-34)20-40-28-10-9-22-3-2-4-24(21-5-6-21)30(22)37-28/h2-4,9-10,17-18,21,23H,5-8,11-16,19-20H2,1H3. The van der Waals surface area contributed by atoms with E-state index in [-0.39, 0.29) is 11.0 Å². The SMILES string of the molecule is COc1cncc(Cl)c1-c1noc(C2CC2)c1COC12CCC(COc3ccc4cccc(C5CC5)c4n3)(CC1)CC2. The largest absolute Gasteiger partial charge is 0.494 e. The van der Waals surface area contributed by atoms with E-state index in [1.54, 1.807) is 19.5 Å². The summed E-state index contributed by atoms with van der Waals surface area (Å²) in [6.07, 6.45) is 14.5. The van der Waals surface area contributed by atoms with E-state index in [9.17, 15) is 0 Å². The van der Waals surface area contributed by atoms with Crippen molar-refractivity contribution in [1.29, 1.82) is 0 Å². The summed E-state index contributed by atoms with van der Waals surface area (Å²) in [4.78, 5) is 9.15. The molecule has 3 heterocycles. The Morgan fingerprint density at radius 1 is 0.952 bits per heavy atom. The summed E-state index contributed by atoms with van der Waals surface area (Å²) in [5, 5.41) is 6.17. The number of para-hydroxylation sites is 1. The molecule has 0 atom stereocenters. The van der Waals surface area contributed by atoms with Gasteiger partial charge in [0.05, 0.1) is 48.2 Å². The number of aromatic nitrogens is 3. The van der Waals surface area contributed by atoms with E-state index in [1.807, 2.05) is 6.07 Å². The topological polar surface area (TPSA) is 79.5 Å². The molecule has 0 N–H and O–H groups in total. The van der Waals surface area contributed by atoms with Crippen LogP contribution in [0.3, 0.4) is 0 Å².